The molecule has 1 heterocycles. The smallest absolute Gasteiger partial charge is 0.244 e. The van der Waals surface area contributed by atoms with Crippen LogP contribution in [0.2, 0.25) is 0 Å². The third-order valence-corrected chi connectivity index (χ3v) is 5.52. The monoisotopic (exact) mass is 402 g/mol. The Morgan fingerprint density at radius 1 is 1.11 bits per heavy atom. The summed E-state index contributed by atoms with van der Waals surface area (Å²) >= 11 is 0. The lowest BCUT2D eigenvalue weighted by Gasteiger charge is -2.09. The van der Waals surface area contributed by atoms with Crippen molar-refractivity contribution in [2.75, 3.05) is 15.9 Å². The van der Waals surface area contributed by atoms with Crippen molar-refractivity contribution in [1.29, 1.82) is 0 Å². The molecule has 9 heteroatoms. The number of carbonyl (C=O) groups excluding carboxylic acids is 1. The number of rotatable bonds is 10. The van der Waals surface area contributed by atoms with Gasteiger partial charge in [0.2, 0.25) is 22.8 Å². The van der Waals surface area contributed by atoms with Gasteiger partial charge in [0.1, 0.15) is 12.3 Å². The minimum absolute atomic E-state index is 0.0535. The van der Waals surface area contributed by atoms with Gasteiger partial charge in [0.05, 0.1) is 17.9 Å². The number of amides is 1. The van der Waals surface area contributed by atoms with Crippen LogP contribution in [-0.4, -0.2) is 25.1 Å². The van der Waals surface area contributed by atoms with Crippen LogP contribution in [0.3, 0.4) is 0 Å². The average molecular weight is 403 g/mol. The Hall–Kier alpha value is -3.07. The Labute approximate surface area is 164 Å². The number of hydrogen-bond donors (Lipinski definition) is 3. The molecule has 3 aromatic rings. The van der Waals surface area contributed by atoms with Crippen LogP contribution in [0.1, 0.15) is 13.3 Å². The van der Waals surface area contributed by atoms with E-state index >= 15 is 0 Å². The van der Waals surface area contributed by atoms with Crippen molar-refractivity contribution in [1.82, 2.24) is 9.99 Å². The number of aryl methyl sites for hydroxylation is 2. The molecule has 0 fully saturated rings. The van der Waals surface area contributed by atoms with Crippen LogP contribution < -0.4 is 20.1 Å². The summed E-state index contributed by atoms with van der Waals surface area (Å²) in [4.78, 5) is 10.4. The number of sulfonamides is 1. The lowest BCUT2D eigenvalue weighted by atomic mass is 10.3. The number of benzene rings is 2. The highest BCUT2D eigenvalue weighted by molar-refractivity contribution is 7.92. The van der Waals surface area contributed by atoms with Gasteiger partial charge in [-0.05, 0) is 36.8 Å². The van der Waals surface area contributed by atoms with Gasteiger partial charge < -0.3 is 0 Å². The Balaban J connectivity index is 1.72. The van der Waals surface area contributed by atoms with Crippen LogP contribution in [-0.2, 0) is 27.9 Å². The Kier molecular flexibility index (Phi) is 6.15. The fraction of sp³-hybridized carbons (Fsp3) is 0.263. The summed E-state index contributed by atoms with van der Waals surface area (Å²) in [5.74, 6) is -0.0535. The quantitative estimate of drug-likeness (QED) is 0.274. The van der Waals surface area contributed by atoms with Gasteiger partial charge in [0.25, 0.3) is 0 Å². The predicted octanol–water partition coefficient (Wildman–Crippen LogP) is 1.85. The van der Waals surface area contributed by atoms with Crippen molar-refractivity contribution < 1.29 is 17.8 Å². The highest BCUT2D eigenvalue weighted by atomic mass is 32.2. The Morgan fingerprint density at radius 2 is 1.89 bits per heavy atom. The molecule has 0 aliphatic rings. The van der Waals surface area contributed by atoms with Crippen LogP contribution in [0.15, 0.2) is 54.9 Å². The van der Waals surface area contributed by atoms with E-state index in [2.05, 4.69) is 27.1 Å². The second kappa shape index (κ2) is 8.75. The molecule has 0 spiro atoms. The van der Waals surface area contributed by atoms with E-state index < -0.39 is 10.0 Å². The van der Waals surface area contributed by atoms with Crippen LogP contribution in [0.25, 0.3) is 11.0 Å². The number of nitrogens with one attached hydrogen (secondary N) is 3. The number of hydrogen-bond acceptors (Lipinski definition) is 4. The first-order chi connectivity index (χ1) is 13.5. The maximum absolute atomic E-state index is 12.5. The molecule has 8 nitrogen and oxygen atoms in total. The zero-order chi connectivity index (χ0) is 20.0. The van der Waals surface area contributed by atoms with Gasteiger partial charge in [-0.2, -0.15) is 0 Å². The molecule has 0 unspecified atom stereocenters. The Bertz CT molecular complexity index is 1060. The highest BCUT2D eigenvalue weighted by Crippen LogP contribution is 2.16. The van der Waals surface area contributed by atoms with Gasteiger partial charge in [-0.1, -0.05) is 25.1 Å². The minimum atomic E-state index is -3.54. The first-order valence-corrected chi connectivity index (χ1v) is 10.7. The van der Waals surface area contributed by atoms with E-state index in [1.165, 1.54) is 0 Å². The zero-order valence-electron chi connectivity index (χ0n) is 15.6. The summed E-state index contributed by atoms with van der Waals surface area (Å²) in [5, 5.41) is 0. The van der Waals surface area contributed by atoms with Gasteiger partial charge in [-0.15, -0.1) is 0 Å². The molecule has 3 N–H and O–H groups in total. The molecular weight excluding hydrogens is 378 g/mol. The fourth-order valence-corrected chi connectivity index (χ4v) is 4.09. The number of carbonyl (C=O) groups is 1. The summed E-state index contributed by atoms with van der Waals surface area (Å²) in [6.45, 7) is 3.34. The van der Waals surface area contributed by atoms with E-state index in [1.807, 2.05) is 35.2 Å². The number of imidazole rings is 1. The summed E-state index contributed by atoms with van der Waals surface area (Å²) in [6, 6.07) is 14.6. The third-order valence-electron chi connectivity index (χ3n) is 4.26. The molecule has 0 bridgehead atoms. The largest absolute Gasteiger partial charge is 0.299 e. The topological polar surface area (TPSA) is 96.1 Å². The first-order valence-electron chi connectivity index (χ1n) is 9.05. The highest BCUT2D eigenvalue weighted by Gasteiger charge is 2.18. The number of anilines is 2. The molecule has 1 amide bonds. The lowest BCUT2D eigenvalue weighted by molar-refractivity contribution is -0.672. The van der Waals surface area contributed by atoms with Gasteiger partial charge in [-0.3, -0.25) is 20.4 Å². The zero-order valence-corrected chi connectivity index (χ0v) is 16.4. The van der Waals surface area contributed by atoms with Crippen LogP contribution in [0, 0.1) is 0 Å². The number of hydrazine groups is 1. The van der Waals surface area contributed by atoms with Crippen molar-refractivity contribution in [3.8, 4) is 0 Å². The molecular formula is C19H24N5O3S+. The van der Waals surface area contributed by atoms with Gasteiger partial charge >= 0.3 is 0 Å². The van der Waals surface area contributed by atoms with Crippen molar-refractivity contribution in [2.24, 2.45) is 0 Å². The second-order valence-corrected chi connectivity index (χ2v) is 8.22. The molecule has 3 rings (SSSR count). The van der Waals surface area contributed by atoms with Gasteiger partial charge in [0, 0.05) is 0 Å². The SMILES string of the molecule is CCC[n+]1cn(CCS(=O)(=O)Nc2cccc(NNC=O)c2)c2ccccc21. The lowest BCUT2D eigenvalue weighted by Crippen LogP contribution is -2.32. The maximum atomic E-state index is 12.5. The van der Waals surface area contributed by atoms with Crippen LogP contribution >= 0.6 is 0 Å². The molecule has 0 aliphatic carbocycles. The van der Waals surface area contributed by atoms with E-state index in [0.29, 0.717) is 24.3 Å². The normalized spacial score (nSPS) is 11.3. The maximum Gasteiger partial charge on any atom is 0.244 e. The second-order valence-electron chi connectivity index (χ2n) is 6.38. The summed E-state index contributed by atoms with van der Waals surface area (Å²) < 4.78 is 31.8. The Morgan fingerprint density at radius 3 is 2.68 bits per heavy atom. The molecule has 0 atom stereocenters. The number of fused-ring (bicyclic) bond motifs is 1. The molecule has 0 saturated carbocycles. The first kappa shape index (κ1) is 19.7. The van der Waals surface area contributed by atoms with Crippen molar-refractivity contribution in [3.63, 3.8) is 0 Å². The number of aromatic nitrogens is 2. The summed E-state index contributed by atoms with van der Waals surface area (Å²) in [6.07, 6.45) is 3.48. The summed E-state index contributed by atoms with van der Waals surface area (Å²) in [5.41, 5.74) is 8.08. The van der Waals surface area contributed by atoms with Crippen LogP contribution in [0.5, 0.6) is 0 Å². The third kappa shape index (κ3) is 4.80. The van der Waals surface area contributed by atoms with E-state index in [-0.39, 0.29) is 5.75 Å². The van der Waals surface area contributed by atoms with Crippen LogP contribution in [0.4, 0.5) is 11.4 Å². The molecule has 0 aliphatic heterocycles. The average Bonchev–Trinajstić information content (AvgIpc) is 3.03. The minimum Gasteiger partial charge on any atom is -0.299 e. The fourth-order valence-electron chi connectivity index (χ4n) is 3.06. The van der Waals surface area contributed by atoms with Crippen molar-refractivity contribution in [3.05, 3.63) is 54.9 Å². The predicted molar refractivity (Wildman–Crippen MR) is 109 cm³/mol. The van der Waals surface area contributed by atoms with Gasteiger partial charge in [0.15, 0.2) is 11.0 Å². The van der Waals surface area contributed by atoms with E-state index in [4.69, 9.17) is 0 Å². The number of para-hydroxylation sites is 2. The van der Waals surface area contributed by atoms with E-state index in [0.717, 1.165) is 24.0 Å². The summed E-state index contributed by atoms with van der Waals surface area (Å²) in [7, 11) is -3.54. The van der Waals surface area contributed by atoms with Crippen molar-refractivity contribution >= 4 is 38.8 Å². The molecule has 148 valence electrons. The molecule has 0 radical (unpaired) electrons. The standard InChI is InChI=1S/C19H23N5O3S/c1-2-10-23-15-24(19-9-4-3-8-18(19)23)11-12-28(26,27)22-17-7-5-6-16(13-17)21-20-14-25/h3-9,13-15,21-22H,2,10-12H2,1H3/p+1. The molecule has 2 aromatic carbocycles. The number of nitrogens with zero attached hydrogens (tertiary/aromatic N) is 2. The van der Waals surface area contributed by atoms with Crippen molar-refractivity contribution in [2.45, 2.75) is 26.4 Å². The van der Waals surface area contributed by atoms with E-state index in [1.54, 1.807) is 24.3 Å². The molecule has 0 saturated heterocycles. The molecule has 28 heavy (non-hydrogen) atoms. The van der Waals surface area contributed by atoms with E-state index in [9.17, 15) is 13.2 Å². The molecule has 1 aromatic heterocycles. The van der Waals surface area contributed by atoms with Gasteiger partial charge in [-0.25, -0.2) is 17.6 Å².